The van der Waals surface area contributed by atoms with Gasteiger partial charge in [-0.25, -0.2) is 0 Å². The van der Waals surface area contributed by atoms with Crippen molar-refractivity contribution in [3.63, 3.8) is 0 Å². The third-order valence-electron chi connectivity index (χ3n) is 6.56. The minimum Gasteiger partial charge on any atom is -0.321 e. The Balaban J connectivity index is 1.74. The quantitative estimate of drug-likeness (QED) is 0.333. The lowest BCUT2D eigenvalue weighted by molar-refractivity contribution is -0.117. The summed E-state index contributed by atoms with van der Waals surface area (Å²) < 4.78 is 0. The number of nitrogens with one attached hydrogen (secondary N) is 1. The molecular weight excluding hydrogens is 466 g/mol. The van der Waals surface area contributed by atoms with Gasteiger partial charge in [-0.15, -0.1) is 0 Å². The predicted molar refractivity (Wildman–Crippen MR) is 147 cm³/mol. The SMILES string of the molecule is Cc1ccc(NC(=O)/C(C#N)=C2\SC(Cc3ccc(C)c(C)c3)C(=O)N2c2ccc(C)c(C)c2)cc1. The van der Waals surface area contributed by atoms with Crippen molar-refractivity contribution in [3.05, 3.63) is 105 Å². The number of rotatable bonds is 5. The molecule has 3 aromatic carbocycles. The first-order chi connectivity index (χ1) is 17.2. The van der Waals surface area contributed by atoms with E-state index < -0.39 is 11.2 Å². The Hall–Kier alpha value is -3.82. The Morgan fingerprint density at radius 2 is 1.56 bits per heavy atom. The summed E-state index contributed by atoms with van der Waals surface area (Å²) in [5.41, 5.74) is 7.79. The molecular formula is C30H29N3O2S. The zero-order valence-electron chi connectivity index (χ0n) is 21.2. The Morgan fingerprint density at radius 3 is 2.17 bits per heavy atom. The van der Waals surface area contributed by atoms with Crippen LogP contribution < -0.4 is 10.2 Å². The van der Waals surface area contributed by atoms with Crippen LogP contribution in [0.1, 0.15) is 33.4 Å². The first-order valence-corrected chi connectivity index (χ1v) is 12.7. The number of nitriles is 1. The zero-order chi connectivity index (χ0) is 26.0. The molecule has 3 aromatic rings. The zero-order valence-corrected chi connectivity index (χ0v) is 22.0. The molecule has 1 unspecified atom stereocenters. The van der Waals surface area contributed by atoms with E-state index in [0.717, 1.165) is 22.3 Å². The third-order valence-corrected chi connectivity index (χ3v) is 7.82. The summed E-state index contributed by atoms with van der Waals surface area (Å²) in [4.78, 5) is 28.5. The summed E-state index contributed by atoms with van der Waals surface area (Å²) >= 11 is 1.28. The number of thioether (sulfide) groups is 1. The van der Waals surface area contributed by atoms with Crippen LogP contribution in [0.15, 0.2) is 71.3 Å². The number of aryl methyl sites for hydroxylation is 5. The molecule has 0 aliphatic carbocycles. The van der Waals surface area contributed by atoms with Crippen molar-refractivity contribution in [3.8, 4) is 6.07 Å². The van der Waals surface area contributed by atoms with Crippen molar-refractivity contribution in [2.45, 2.75) is 46.3 Å². The second kappa shape index (κ2) is 10.4. The molecule has 0 aromatic heterocycles. The summed E-state index contributed by atoms with van der Waals surface area (Å²) in [5, 5.41) is 12.8. The van der Waals surface area contributed by atoms with E-state index in [4.69, 9.17) is 0 Å². The molecule has 182 valence electrons. The van der Waals surface area contributed by atoms with E-state index in [0.29, 0.717) is 22.8 Å². The van der Waals surface area contributed by atoms with Gasteiger partial charge in [0.25, 0.3) is 5.91 Å². The van der Waals surface area contributed by atoms with Gasteiger partial charge in [0.1, 0.15) is 16.7 Å². The molecule has 5 nitrogen and oxygen atoms in total. The summed E-state index contributed by atoms with van der Waals surface area (Å²) in [7, 11) is 0. The topological polar surface area (TPSA) is 73.2 Å². The fourth-order valence-electron chi connectivity index (χ4n) is 4.06. The standard InChI is InChI=1S/C30H29N3O2S/c1-18-6-11-24(12-7-18)32-28(34)26(17-31)30-33(25-13-9-20(3)22(5)15-25)29(35)27(36-30)16-23-10-8-19(2)21(4)14-23/h6-15,27H,16H2,1-5H3,(H,32,34)/b30-26-. The predicted octanol–water partition coefficient (Wildman–Crippen LogP) is 6.29. The number of anilines is 2. The highest BCUT2D eigenvalue weighted by molar-refractivity contribution is 8.05. The maximum absolute atomic E-state index is 13.7. The first kappa shape index (κ1) is 25.3. The molecule has 36 heavy (non-hydrogen) atoms. The summed E-state index contributed by atoms with van der Waals surface area (Å²) in [6, 6.07) is 21.4. The van der Waals surface area contributed by atoms with Crippen molar-refractivity contribution in [2.24, 2.45) is 0 Å². The lowest BCUT2D eigenvalue weighted by Gasteiger charge is -2.20. The van der Waals surface area contributed by atoms with Gasteiger partial charge >= 0.3 is 0 Å². The average molecular weight is 496 g/mol. The van der Waals surface area contributed by atoms with E-state index in [1.165, 1.54) is 27.8 Å². The lowest BCUT2D eigenvalue weighted by Crippen LogP contribution is -2.31. The van der Waals surface area contributed by atoms with Crippen LogP contribution >= 0.6 is 11.8 Å². The molecule has 1 saturated heterocycles. The molecule has 2 amide bonds. The van der Waals surface area contributed by atoms with Crippen LogP contribution in [-0.2, 0) is 16.0 Å². The molecule has 1 aliphatic rings. The molecule has 1 N–H and O–H groups in total. The number of benzene rings is 3. The Morgan fingerprint density at radius 1 is 0.917 bits per heavy atom. The van der Waals surface area contributed by atoms with E-state index in [-0.39, 0.29) is 11.5 Å². The van der Waals surface area contributed by atoms with Crippen molar-refractivity contribution in [1.82, 2.24) is 0 Å². The number of hydrogen-bond acceptors (Lipinski definition) is 4. The highest BCUT2D eigenvalue weighted by atomic mass is 32.2. The minimum absolute atomic E-state index is 0.0743. The van der Waals surface area contributed by atoms with Crippen LogP contribution in [0.5, 0.6) is 0 Å². The van der Waals surface area contributed by atoms with Gasteiger partial charge in [0, 0.05) is 11.4 Å². The second-order valence-electron chi connectivity index (χ2n) is 9.28. The molecule has 1 heterocycles. The fourth-order valence-corrected chi connectivity index (χ4v) is 5.37. The fraction of sp³-hybridized carbons (Fsp3) is 0.233. The summed E-state index contributed by atoms with van der Waals surface area (Å²) in [5.74, 6) is -0.662. The van der Waals surface area contributed by atoms with Crippen LogP contribution in [0.4, 0.5) is 11.4 Å². The first-order valence-electron chi connectivity index (χ1n) is 11.8. The smallest absolute Gasteiger partial charge is 0.269 e. The molecule has 1 fully saturated rings. The van der Waals surface area contributed by atoms with Gasteiger partial charge in [0.2, 0.25) is 5.91 Å². The van der Waals surface area contributed by atoms with Crippen molar-refractivity contribution >= 4 is 35.0 Å². The number of nitrogens with zero attached hydrogens (tertiary/aromatic N) is 2. The van der Waals surface area contributed by atoms with Crippen molar-refractivity contribution < 1.29 is 9.59 Å². The Bertz CT molecular complexity index is 1420. The van der Waals surface area contributed by atoms with Gasteiger partial charge in [-0.3, -0.25) is 14.5 Å². The lowest BCUT2D eigenvalue weighted by atomic mass is 10.0. The minimum atomic E-state index is -0.530. The highest BCUT2D eigenvalue weighted by Gasteiger charge is 2.41. The maximum atomic E-state index is 13.7. The van der Waals surface area contributed by atoms with Crippen LogP contribution in [0, 0.1) is 45.9 Å². The van der Waals surface area contributed by atoms with Crippen LogP contribution in [-0.4, -0.2) is 17.1 Å². The monoisotopic (exact) mass is 495 g/mol. The van der Waals surface area contributed by atoms with Crippen LogP contribution in [0.2, 0.25) is 0 Å². The molecule has 0 bridgehead atoms. The molecule has 4 rings (SSSR count). The van der Waals surface area contributed by atoms with Gasteiger partial charge in [-0.1, -0.05) is 53.7 Å². The number of amides is 2. The molecule has 1 aliphatic heterocycles. The van der Waals surface area contributed by atoms with E-state index in [1.54, 1.807) is 12.1 Å². The molecule has 0 spiro atoms. The van der Waals surface area contributed by atoms with Gasteiger partial charge in [-0.2, -0.15) is 5.26 Å². The number of carbonyl (C=O) groups excluding carboxylic acids is 2. The molecule has 6 heteroatoms. The molecule has 0 radical (unpaired) electrons. The van der Waals surface area contributed by atoms with Crippen molar-refractivity contribution in [1.29, 1.82) is 5.26 Å². The second-order valence-corrected chi connectivity index (χ2v) is 10.5. The molecule has 1 atom stereocenters. The third kappa shape index (κ3) is 5.22. The van der Waals surface area contributed by atoms with Crippen molar-refractivity contribution in [2.75, 3.05) is 10.2 Å². The maximum Gasteiger partial charge on any atom is 0.269 e. The van der Waals surface area contributed by atoms with Gasteiger partial charge in [0.15, 0.2) is 0 Å². The largest absolute Gasteiger partial charge is 0.321 e. The Kier molecular flexibility index (Phi) is 7.32. The van der Waals surface area contributed by atoms with E-state index in [2.05, 4.69) is 37.4 Å². The Labute approximate surface area is 216 Å². The van der Waals surface area contributed by atoms with Gasteiger partial charge in [0.05, 0.1) is 5.25 Å². The van der Waals surface area contributed by atoms with Crippen LogP contribution in [0.3, 0.4) is 0 Å². The number of hydrogen-bond donors (Lipinski definition) is 1. The van der Waals surface area contributed by atoms with Gasteiger partial charge in [-0.05, 0) is 93.1 Å². The van der Waals surface area contributed by atoms with E-state index in [1.807, 2.05) is 57.2 Å². The van der Waals surface area contributed by atoms with E-state index in [9.17, 15) is 14.9 Å². The number of carbonyl (C=O) groups is 2. The summed E-state index contributed by atoms with van der Waals surface area (Å²) in [6.45, 7) is 10.1. The normalized spacial score (nSPS) is 16.6. The average Bonchev–Trinajstić information content (AvgIpc) is 3.15. The summed E-state index contributed by atoms with van der Waals surface area (Å²) in [6.07, 6.45) is 0.508. The van der Waals surface area contributed by atoms with Gasteiger partial charge < -0.3 is 5.32 Å². The highest BCUT2D eigenvalue weighted by Crippen LogP contribution is 2.42. The van der Waals surface area contributed by atoms with Crippen LogP contribution in [0.25, 0.3) is 0 Å². The van der Waals surface area contributed by atoms with E-state index >= 15 is 0 Å². The molecule has 0 saturated carbocycles.